The number of thiazole rings is 1. The first-order valence-corrected chi connectivity index (χ1v) is 8.83. The van der Waals surface area contributed by atoms with E-state index < -0.39 is 0 Å². The van der Waals surface area contributed by atoms with Gasteiger partial charge in [-0.25, -0.2) is 4.98 Å². The summed E-state index contributed by atoms with van der Waals surface area (Å²) in [7, 11) is 0. The van der Waals surface area contributed by atoms with Crippen molar-refractivity contribution in [1.29, 1.82) is 0 Å². The zero-order chi connectivity index (χ0) is 17.4. The summed E-state index contributed by atoms with van der Waals surface area (Å²) in [5.41, 5.74) is 9.62. The van der Waals surface area contributed by atoms with E-state index in [1.807, 2.05) is 36.4 Å². The van der Waals surface area contributed by atoms with Gasteiger partial charge in [-0.2, -0.15) is 10.1 Å². The number of fused-ring (bicyclic) bond motifs is 1. The molecule has 3 aromatic rings. The van der Waals surface area contributed by atoms with Crippen molar-refractivity contribution in [1.82, 2.24) is 4.98 Å². The molecule has 2 heterocycles. The van der Waals surface area contributed by atoms with E-state index in [1.54, 1.807) is 0 Å². The first-order valence-electron chi connectivity index (χ1n) is 8.01. The second-order valence-corrected chi connectivity index (χ2v) is 6.67. The fourth-order valence-corrected chi connectivity index (χ4v) is 3.75. The van der Waals surface area contributed by atoms with Gasteiger partial charge in [0.2, 0.25) is 5.13 Å². The van der Waals surface area contributed by atoms with Crippen LogP contribution in [-0.4, -0.2) is 16.6 Å². The first-order chi connectivity index (χ1) is 12.2. The number of anilines is 1. The molecule has 0 bridgehead atoms. The molecule has 0 fully saturated rings. The molecule has 0 saturated heterocycles. The molecule has 5 nitrogen and oxygen atoms in total. The Kier molecular flexibility index (Phi) is 3.82. The van der Waals surface area contributed by atoms with Crippen molar-refractivity contribution in [3.8, 4) is 0 Å². The Balaban J connectivity index is 1.80. The smallest absolute Gasteiger partial charge is 0.284 e. The minimum absolute atomic E-state index is 0.254. The number of rotatable bonds is 3. The number of hydrogen-bond acceptors (Lipinski definition) is 5. The summed E-state index contributed by atoms with van der Waals surface area (Å²) in [6, 6.07) is 15.7. The van der Waals surface area contributed by atoms with Gasteiger partial charge >= 0.3 is 0 Å². The van der Waals surface area contributed by atoms with Gasteiger partial charge in [-0.05, 0) is 24.1 Å². The highest BCUT2D eigenvalue weighted by Gasteiger charge is 2.33. The molecule has 124 valence electrons. The molecule has 0 spiro atoms. The number of nitrogens with two attached hydrogens (primary N) is 1. The third-order valence-electron chi connectivity index (χ3n) is 4.12. The summed E-state index contributed by atoms with van der Waals surface area (Å²) in [5, 5.41) is 6.40. The standard InChI is InChI=1S/C19H16N4OS/c1-2-12-8-9-15-16(10-12)25-19(21-15)23-18(24)14(11-20)17(22-23)13-6-4-3-5-7-13/h3-11H,2,20H2,1H3/b14-11+. The fraction of sp³-hybridized carbons (Fsp3) is 0.105. The van der Waals surface area contributed by atoms with E-state index >= 15 is 0 Å². The lowest BCUT2D eigenvalue weighted by atomic mass is 10.0. The van der Waals surface area contributed by atoms with Crippen LogP contribution in [0.25, 0.3) is 10.2 Å². The first kappa shape index (κ1) is 15.5. The van der Waals surface area contributed by atoms with Crippen LogP contribution in [-0.2, 0) is 11.2 Å². The second kappa shape index (κ2) is 6.14. The minimum atomic E-state index is -0.254. The highest BCUT2D eigenvalue weighted by molar-refractivity contribution is 7.22. The quantitative estimate of drug-likeness (QED) is 0.737. The van der Waals surface area contributed by atoms with Gasteiger partial charge in [-0.3, -0.25) is 4.79 Å². The normalized spacial score (nSPS) is 16.0. The van der Waals surface area contributed by atoms with Crippen LogP contribution in [0.2, 0.25) is 0 Å². The van der Waals surface area contributed by atoms with Gasteiger partial charge in [-0.1, -0.05) is 54.7 Å². The van der Waals surface area contributed by atoms with Crippen LogP contribution in [0.4, 0.5) is 5.13 Å². The average molecular weight is 348 g/mol. The Morgan fingerprint density at radius 3 is 2.72 bits per heavy atom. The summed E-state index contributed by atoms with van der Waals surface area (Å²) in [6.45, 7) is 2.11. The van der Waals surface area contributed by atoms with E-state index in [0.717, 1.165) is 22.2 Å². The number of carbonyl (C=O) groups excluding carboxylic acids is 1. The molecule has 0 atom stereocenters. The molecule has 0 unspecified atom stereocenters. The number of aromatic nitrogens is 1. The lowest BCUT2D eigenvalue weighted by molar-refractivity contribution is -0.114. The van der Waals surface area contributed by atoms with Gasteiger partial charge in [0, 0.05) is 11.8 Å². The Morgan fingerprint density at radius 2 is 2.00 bits per heavy atom. The average Bonchev–Trinajstić information content (AvgIpc) is 3.22. The highest BCUT2D eigenvalue weighted by atomic mass is 32.1. The van der Waals surface area contributed by atoms with E-state index in [9.17, 15) is 4.79 Å². The number of hydrogen-bond donors (Lipinski definition) is 1. The SMILES string of the molecule is CCc1ccc2nc(N3N=C(c4ccccc4)/C(=C\N)C3=O)sc2c1. The molecule has 1 aromatic heterocycles. The van der Waals surface area contributed by atoms with E-state index in [0.29, 0.717) is 16.4 Å². The van der Waals surface area contributed by atoms with E-state index in [1.165, 1.54) is 28.1 Å². The minimum Gasteiger partial charge on any atom is -0.404 e. The van der Waals surface area contributed by atoms with Crippen molar-refractivity contribution in [3.63, 3.8) is 0 Å². The van der Waals surface area contributed by atoms with Crippen LogP contribution in [0, 0.1) is 0 Å². The Hall–Kier alpha value is -2.99. The molecule has 1 aliphatic heterocycles. The van der Waals surface area contributed by atoms with Gasteiger partial charge < -0.3 is 5.73 Å². The third-order valence-corrected chi connectivity index (χ3v) is 5.12. The number of nitrogens with zero attached hydrogens (tertiary/aromatic N) is 3. The Labute approximate surface area is 149 Å². The van der Waals surface area contributed by atoms with Crippen LogP contribution in [0.5, 0.6) is 0 Å². The number of aryl methyl sites for hydroxylation is 1. The largest absolute Gasteiger partial charge is 0.404 e. The number of benzene rings is 2. The predicted molar refractivity (Wildman–Crippen MR) is 102 cm³/mol. The van der Waals surface area contributed by atoms with Gasteiger partial charge in [0.25, 0.3) is 5.91 Å². The van der Waals surface area contributed by atoms with Crippen LogP contribution >= 0.6 is 11.3 Å². The summed E-state index contributed by atoms with van der Waals surface area (Å²) >= 11 is 1.46. The highest BCUT2D eigenvalue weighted by Crippen LogP contribution is 2.33. The van der Waals surface area contributed by atoms with Gasteiger partial charge in [0.15, 0.2) is 0 Å². The maximum Gasteiger partial charge on any atom is 0.284 e. The van der Waals surface area contributed by atoms with Crippen LogP contribution < -0.4 is 10.7 Å². The molecule has 1 aliphatic rings. The van der Waals surface area contributed by atoms with Crippen molar-refractivity contribution in [3.05, 3.63) is 71.4 Å². The summed E-state index contributed by atoms with van der Waals surface area (Å²) in [4.78, 5) is 17.3. The zero-order valence-corrected chi connectivity index (χ0v) is 14.5. The zero-order valence-electron chi connectivity index (χ0n) is 13.6. The maximum absolute atomic E-state index is 12.8. The van der Waals surface area contributed by atoms with Crippen molar-refractivity contribution in [2.45, 2.75) is 13.3 Å². The lowest BCUT2D eigenvalue weighted by Gasteiger charge is -2.05. The lowest BCUT2D eigenvalue weighted by Crippen LogP contribution is -2.21. The summed E-state index contributed by atoms with van der Waals surface area (Å²) in [5.74, 6) is -0.254. The molecule has 0 saturated carbocycles. The fourth-order valence-electron chi connectivity index (χ4n) is 2.77. The van der Waals surface area contributed by atoms with Gasteiger partial charge in [0.05, 0.1) is 15.8 Å². The Bertz CT molecular complexity index is 1020. The van der Waals surface area contributed by atoms with Gasteiger partial charge in [0.1, 0.15) is 5.71 Å². The molecule has 25 heavy (non-hydrogen) atoms. The molecule has 1 amide bonds. The van der Waals surface area contributed by atoms with Gasteiger partial charge in [-0.15, -0.1) is 0 Å². The van der Waals surface area contributed by atoms with Crippen molar-refractivity contribution in [2.75, 3.05) is 5.01 Å². The van der Waals surface area contributed by atoms with Crippen molar-refractivity contribution >= 4 is 38.3 Å². The Morgan fingerprint density at radius 1 is 1.20 bits per heavy atom. The molecule has 0 radical (unpaired) electrons. The number of carbonyl (C=O) groups is 1. The summed E-state index contributed by atoms with van der Waals surface area (Å²) in [6.07, 6.45) is 2.28. The molecule has 2 N–H and O–H groups in total. The molecular formula is C19H16N4OS. The van der Waals surface area contributed by atoms with Crippen LogP contribution in [0.1, 0.15) is 18.1 Å². The monoisotopic (exact) mass is 348 g/mol. The number of amides is 1. The second-order valence-electron chi connectivity index (χ2n) is 5.66. The maximum atomic E-state index is 12.8. The predicted octanol–water partition coefficient (Wildman–Crippen LogP) is 3.45. The molecule has 0 aliphatic carbocycles. The summed E-state index contributed by atoms with van der Waals surface area (Å²) < 4.78 is 1.05. The van der Waals surface area contributed by atoms with Crippen molar-refractivity contribution in [2.24, 2.45) is 10.8 Å². The molecule has 2 aromatic carbocycles. The van der Waals surface area contributed by atoms with Crippen LogP contribution in [0.3, 0.4) is 0 Å². The molecule has 6 heteroatoms. The number of hydrazone groups is 1. The van der Waals surface area contributed by atoms with Crippen molar-refractivity contribution < 1.29 is 4.79 Å². The third kappa shape index (κ3) is 2.60. The van der Waals surface area contributed by atoms with E-state index in [2.05, 4.69) is 29.1 Å². The van der Waals surface area contributed by atoms with E-state index in [-0.39, 0.29) is 5.91 Å². The van der Waals surface area contributed by atoms with Crippen LogP contribution in [0.15, 0.2) is 65.4 Å². The van der Waals surface area contributed by atoms with E-state index in [4.69, 9.17) is 5.73 Å². The topological polar surface area (TPSA) is 71.6 Å². The molecular weight excluding hydrogens is 332 g/mol. The molecule has 4 rings (SSSR count).